The Bertz CT molecular complexity index is 663. The lowest BCUT2D eigenvalue weighted by Gasteiger charge is -2.10. The molecule has 0 aliphatic heterocycles. The molecule has 0 radical (unpaired) electrons. The molecule has 0 fully saturated rings. The van der Waals surface area contributed by atoms with Crippen LogP contribution in [0.2, 0.25) is 0 Å². The highest BCUT2D eigenvalue weighted by Gasteiger charge is 2.11. The Balaban J connectivity index is 2.04. The Morgan fingerprint density at radius 2 is 1.75 bits per heavy atom. The number of amides is 1. The molecule has 3 nitrogen and oxygen atoms in total. The number of thiocarbonyl (C=S) groups is 1. The zero-order valence-electron chi connectivity index (χ0n) is 10.2. The number of halogens is 2. The maximum Gasteiger partial charge on any atom is 0.258 e. The third-order valence-corrected chi connectivity index (χ3v) is 3.61. The lowest BCUT2D eigenvalue weighted by atomic mass is 10.2. The summed E-state index contributed by atoms with van der Waals surface area (Å²) in [7, 11) is 0. The molecule has 1 amide bonds. The first-order valence-corrected chi connectivity index (χ1v) is 7.18. The molecule has 0 unspecified atom stereocenters. The van der Waals surface area contributed by atoms with Crippen LogP contribution in [0.4, 0.5) is 10.1 Å². The molecule has 2 N–H and O–H groups in total. The normalized spacial score (nSPS) is 9.90. The van der Waals surface area contributed by atoms with Gasteiger partial charge in [0.15, 0.2) is 5.11 Å². The van der Waals surface area contributed by atoms with Gasteiger partial charge in [0.2, 0.25) is 0 Å². The van der Waals surface area contributed by atoms with Crippen LogP contribution in [0.5, 0.6) is 0 Å². The highest BCUT2D eigenvalue weighted by molar-refractivity contribution is 14.1. The van der Waals surface area contributed by atoms with Gasteiger partial charge >= 0.3 is 0 Å². The number of nitrogens with one attached hydrogen (secondary N) is 2. The summed E-state index contributed by atoms with van der Waals surface area (Å²) < 4.78 is 14.3. The number of carbonyl (C=O) groups excluding carboxylic acids is 1. The van der Waals surface area contributed by atoms with Crippen LogP contribution < -0.4 is 10.6 Å². The average molecular weight is 400 g/mol. The van der Waals surface area contributed by atoms with Crippen molar-refractivity contribution in [3.05, 3.63) is 63.5 Å². The zero-order valence-corrected chi connectivity index (χ0v) is 13.2. The van der Waals surface area contributed by atoms with Crippen LogP contribution in [-0.2, 0) is 0 Å². The van der Waals surface area contributed by atoms with Gasteiger partial charge < -0.3 is 5.32 Å². The van der Waals surface area contributed by atoms with Crippen LogP contribution in [-0.4, -0.2) is 11.0 Å². The molecule has 102 valence electrons. The van der Waals surface area contributed by atoms with E-state index >= 15 is 0 Å². The summed E-state index contributed by atoms with van der Waals surface area (Å²) >= 11 is 7.07. The third-order valence-electron chi connectivity index (χ3n) is 2.47. The number of rotatable bonds is 2. The maximum absolute atomic E-state index is 13.4. The van der Waals surface area contributed by atoms with E-state index in [0.717, 1.165) is 3.57 Å². The summed E-state index contributed by atoms with van der Waals surface area (Å²) in [6.07, 6.45) is 0. The van der Waals surface area contributed by atoms with E-state index in [9.17, 15) is 9.18 Å². The average Bonchev–Trinajstić information content (AvgIpc) is 2.41. The van der Waals surface area contributed by atoms with E-state index in [0.29, 0.717) is 5.56 Å². The van der Waals surface area contributed by atoms with Crippen molar-refractivity contribution in [2.45, 2.75) is 0 Å². The molecule has 2 aromatic rings. The quantitative estimate of drug-likeness (QED) is 0.599. The second-order valence-electron chi connectivity index (χ2n) is 3.87. The van der Waals surface area contributed by atoms with Crippen LogP contribution in [0.25, 0.3) is 0 Å². The highest BCUT2D eigenvalue weighted by Crippen LogP contribution is 2.13. The fourth-order valence-electron chi connectivity index (χ4n) is 1.53. The smallest absolute Gasteiger partial charge is 0.258 e. The Morgan fingerprint density at radius 1 is 1.10 bits per heavy atom. The van der Waals surface area contributed by atoms with Gasteiger partial charge in [-0.3, -0.25) is 10.1 Å². The fraction of sp³-hybridized carbons (Fsp3) is 0. The van der Waals surface area contributed by atoms with Crippen molar-refractivity contribution in [1.82, 2.24) is 5.32 Å². The number of hydrogen-bond acceptors (Lipinski definition) is 2. The van der Waals surface area contributed by atoms with Gasteiger partial charge in [-0.05, 0) is 59.1 Å². The van der Waals surface area contributed by atoms with Crippen molar-refractivity contribution >= 4 is 51.5 Å². The van der Waals surface area contributed by atoms with E-state index in [-0.39, 0.29) is 16.7 Å². The predicted octanol–water partition coefficient (Wildman–Crippen LogP) is 3.56. The van der Waals surface area contributed by atoms with Crippen molar-refractivity contribution in [2.75, 3.05) is 5.32 Å². The van der Waals surface area contributed by atoms with Crippen LogP contribution in [0.3, 0.4) is 0 Å². The van der Waals surface area contributed by atoms with Gasteiger partial charge in [0, 0.05) is 3.57 Å². The zero-order chi connectivity index (χ0) is 14.5. The monoisotopic (exact) mass is 400 g/mol. The molecule has 2 aromatic carbocycles. The Kier molecular flexibility index (Phi) is 5.02. The highest BCUT2D eigenvalue weighted by atomic mass is 127. The number of carbonyl (C=O) groups is 1. The summed E-state index contributed by atoms with van der Waals surface area (Å²) in [6.45, 7) is 0. The topological polar surface area (TPSA) is 41.1 Å². The molecule has 0 aromatic heterocycles. The largest absolute Gasteiger partial charge is 0.330 e. The molecule has 0 saturated heterocycles. The van der Waals surface area contributed by atoms with Crippen molar-refractivity contribution in [1.29, 1.82) is 0 Å². The number of anilines is 1. The van der Waals surface area contributed by atoms with Crippen molar-refractivity contribution < 1.29 is 9.18 Å². The summed E-state index contributed by atoms with van der Waals surface area (Å²) in [5, 5.41) is 5.23. The molecule has 2 rings (SSSR count). The number of para-hydroxylation sites is 1. The maximum atomic E-state index is 13.4. The third kappa shape index (κ3) is 3.73. The molecule has 0 heterocycles. The minimum absolute atomic E-state index is 0.0553. The molecular weight excluding hydrogens is 390 g/mol. The summed E-state index contributed by atoms with van der Waals surface area (Å²) in [5.74, 6) is -0.762. The van der Waals surface area contributed by atoms with Gasteiger partial charge in [0.1, 0.15) is 5.82 Å². The van der Waals surface area contributed by atoms with Gasteiger partial charge in [-0.15, -0.1) is 0 Å². The lowest BCUT2D eigenvalue weighted by Crippen LogP contribution is -2.34. The minimum atomic E-state index is -0.432. The fourth-order valence-corrected chi connectivity index (χ4v) is 2.37. The van der Waals surface area contributed by atoms with Gasteiger partial charge in [-0.2, -0.15) is 0 Å². The summed E-state index contributed by atoms with van der Waals surface area (Å²) in [6, 6.07) is 13.2. The van der Waals surface area contributed by atoms with Gasteiger partial charge in [0.25, 0.3) is 5.91 Å². The van der Waals surface area contributed by atoms with Crippen LogP contribution in [0.15, 0.2) is 48.5 Å². The molecule has 6 heteroatoms. The Labute approximate surface area is 134 Å². The molecule has 0 atom stereocenters. The van der Waals surface area contributed by atoms with Gasteiger partial charge in [-0.1, -0.05) is 24.3 Å². The second kappa shape index (κ2) is 6.76. The first-order chi connectivity index (χ1) is 9.58. The van der Waals surface area contributed by atoms with Crippen molar-refractivity contribution in [3.63, 3.8) is 0 Å². The van der Waals surface area contributed by atoms with Gasteiger partial charge in [0.05, 0.1) is 11.3 Å². The first-order valence-electron chi connectivity index (χ1n) is 5.69. The summed E-state index contributed by atoms with van der Waals surface area (Å²) in [4.78, 5) is 12.0. The Hall–Kier alpha value is -1.54. The summed E-state index contributed by atoms with van der Waals surface area (Å²) in [5.41, 5.74) is 0.742. The lowest BCUT2D eigenvalue weighted by molar-refractivity contribution is 0.0977. The van der Waals surface area contributed by atoms with Crippen LogP contribution in [0, 0.1) is 9.39 Å². The van der Waals surface area contributed by atoms with Crippen LogP contribution in [0.1, 0.15) is 10.4 Å². The standard InChI is InChI=1S/C14H10FIN2OS/c15-10-6-2-4-8-12(10)17-14(20)18-13(19)9-5-1-3-7-11(9)16/h1-8H,(H2,17,18,19,20). The molecular formula is C14H10FIN2OS. The first kappa shape index (κ1) is 14.9. The SMILES string of the molecule is O=C(NC(=S)Nc1ccccc1F)c1ccccc1I. The molecule has 20 heavy (non-hydrogen) atoms. The van der Waals surface area contributed by atoms with E-state index in [2.05, 4.69) is 33.2 Å². The molecule has 0 saturated carbocycles. The van der Waals surface area contributed by atoms with E-state index in [1.165, 1.54) is 6.07 Å². The van der Waals surface area contributed by atoms with Crippen LogP contribution >= 0.6 is 34.8 Å². The van der Waals surface area contributed by atoms with Crippen molar-refractivity contribution in [2.24, 2.45) is 0 Å². The predicted molar refractivity (Wildman–Crippen MR) is 89.2 cm³/mol. The second-order valence-corrected chi connectivity index (χ2v) is 5.44. The molecule has 0 aliphatic carbocycles. The van der Waals surface area contributed by atoms with Gasteiger partial charge in [-0.25, -0.2) is 4.39 Å². The van der Waals surface area contributed by atoms with E-state index in [1.807, 2.05) is 12.1 Å². The number of hydrogen-bond donors (Lipinski definition) is 2. The Morgan fingerprint density at radius 3 is 2.45 bits per heavy atom. The van der Waals surface area contributed by atoms with Crippen molar-refractivity contribution in [3.8, 4) is 0 Å². The molecule has 0 bridgehead atoms. The van der Waals surface area contributed by atoms with E-state index in [1.54, 1.807) is 30.3 Å². The molecule has 0 aliphatic rings. The molecule has 0 spiro atoms. The number of benzene rings is 2. The van der Waals surface area contributed by atoms with E-state index in [4.69, 9.17) is 12.2 Å². The van der Waals surface area contributed by atoms with E-state index < -0.39 is 5.82 Å². The minimum Gasteiger partial charge on any atom is -0.330 e.